The first-order valence-corrected chi connectivity index (χ1v) is 10.6. The molecule has 32 heavy (non-hydrogen) atoms. The van der Waals surface area contributed by atoms with Crippen molar-refractivity contribution < 1.29 is 14.4 Å². The Labute approximate surface area is 187 Å². The van der Waals surface area contributed by atoms with Crippen molar-refractivity contribution in [3.8, 4) is 0 Å². The van der Waals surface area contributed by atoms with E-state index in [1.54, 1.807) is 29.2 Å². The zero-order chi connectivity index (χ0) is 22.5. The molecule has 0 saturated carbocycles. The topological polar surface area (TPSA) is 78.5 Å². The number of rotatable bonds is 6. The molecule has 0 spiro atoms. The summed E-state index contributed by atoms with van der Waals surface area (Å²) in [7, 11) is 0. The highest BCUT2D eigenvalue weighted by atomic mass is 16.2. The Kier molecular flexibility index (Phi) is 6.31. The molecular formula is C26H25N3O3. The number of nitrogens with zero attached hydrogens (tertiary/aromatic N) is 1. The molecule has 4 rings (SSSR count). The van der Waals surface area contributed by atoms with Gasteiger partial charge in [0.1, 0.15) is 0 Å². The highest BCUT2D eigenvalue weighted by Gasteiger charge is 2.35. The molecule has 2 atom stereocenters. The highest BCUT2D eigenvalue weighted by molar-refractivity contribution is 6.07. The van der Waals surface area contributed by atoms with Crippen molar-refractivity contribution >= 4 is 29.1 Å². The molecular weight excluding hydrogens is 402 g/mol. The van der Waals surface area contributed by atoms with Crippen LogP contribution in [0, 0.1) is 5.92 Å². The average Bonchev–Trinajstić information content (AvgIpc) is 3.22. The molecule has 0 aromatic heterocycles. The van der Waals surface area contributed by atoms with Gasteiger partial charge in [0.15, 0.2) is 0 Å². The van der Waals surface area contributed by atoms with Crippen LogP contribution in [0.15, 0.2) is 84.9 Å². The van der Waals surface area contributed by atoms with E-state index < -0.39 is 5.92 Å². The van der Waals surface area contributed by atoms with Crippen molar-refractivity contribution in [2.45, 2.75) is 19.4 Å². The van der Waals surface area contributed by atoms with Crippen LogP contribution in [0.25, 0.3) is 0 Å². The van der Waals surface area contributed by atoms with Crippen molar-refractivity contribution in [2.24, 2.45) is 5.92 Å². The van der Waals surface area contributed by atoms with Crippen LogP contribution < -0.4 is 15.5 Å². The van der Waals surface area contributed by atoms with Crippen LogP contribution in [-0.4, -0.2) is 24.3 Å². The fraction of sp³-hybridized carbons (Fsp3) is 0.192. The Morgan fingerprint density at radius 3 is 2.25 bits per heavy atom. The first-order valence-electron chi connectivity index (χ1n) is 10.6. The summed E-state index contributed by atoms with van der Waals surface area (Å²) in [5, 5.41) is 5.84. The smallest absolute Gasteiger partial charge is 0.253 e. The lowest BCUT2D eigenvalue weighted by Gasteiger charge is -2.18. The molecule has 0 aliphatic carbocycles. The van der Waals surface area contributed by atoms with E-state index in [-0.39, 0.29) is 30.2 Å². The number of para-hydroxylation sites is 2. The van der Waals surface area contributed by atoms with Crippen LogP contribution in [0.2, 0.25) is 0 Å². The SMILES string of the molecule is CC(NC(=O)c1ccccc1NC(=O)C1CC(=O)N(c2ccccc2)C1)c1ccccc1. The Morgan fingerprint density at radius 1 is 0.906 bits per heavy atom. The van der Waals surface area contributed by atoms with Gasteiger partial charge in [0.2, 0.25) is 11.8 Å². The van der Waals surface area contributed by atoms with E-state index in [0.29, 0.717) is 17.8 Å². The molecule has 1 aliphatic heterocycles. The summed E-state index contributed by atoms with van der Waals surface area (Å²) in [5.41, 5.74) is 2.59. The lowest BCUT2D eigenvalue weighted by atomic mass is 10.1. The quantitative estimate of drug-likeness (QED) is 0.620. The predicted octanol–water partition coefficient (Wildman–Crippen LogP) is 4.17. The van der Waals surface area contributed by atoms with Gasteiger partial charge in [0, 0.05) is 18.7 Å². The second-order valence-electron chi connectivity index (χ2n) is 7.88. The van der Waals surface area contributed by atoms with Gasteiger partial charge in [-0.05, 0) is 36.8 Å². The van der Waals surface area contributed by atoms with E-state index >= 15 is 0 Å². The lowest BCUT2D eigenvalue weighted by Crippen LogP contribution is -2.30. The Balaban J connectivity index is 1.44. The van der Waals surface area contributed by atoms with Crippen molar-refractivity contribution in [3.63, 3.8) is 0 Å². The van der Waals surface area contributed by atoms with Crippen LogP contribution in [0.5, 0.6) is 0 Å². The monoisotopic (exact) mass is 427 g/mol. The van der Waals surface area contributed by atoms with Crippen molar-refractivity contribution in [1.29, 1.82) is 0 Å². The van der Waals surface area contributed by atoms with Gasteiger partial charge < -0.3 is 15.5 Å². The van der Waals surface area contributed by atoms with Gasteiger partial charge in [0.05, 0.1) is 23.2 Å². The van der Waals surface area contributed by atoms with E-state index in [2.05, 4.69) is 10.6 Å². The molecule has 3 aromatic carbocycles. The summed E-state index contributed by atoms with van der Waals surface area (Å²) in [6.45, 7) is 2.23. The van der Waals surface area contributed by atoms with E-state index in [1.807, 2.05) is 67.6 Å². The number of carbonyl (C=O) groups is 3. The molecule has 1 heterocycles. The first-order chi connectivity index (χ1) is 15.5. The Morgan fingerprint density at radius 2 is 1.53 bits per heavy atom. The summed E-state index contributed by atoms with van der Waals surface area (Å²) in [4.78, 5) is 39.9. The van der Waals surface area contributed by atoms with Gasteiger partial charge in [-0.15, -0.1) is 0 Å². The van der Waals surface area contributed by atoms with E-state index in [0.717, 1.165) is 11.3 Å². The summed E-state index contributed by atoms with van der Waals surface area (Å²) in [6.07, 6.45) is 0.139. The van der Waals surface area contributed by atoms with Crippen LogP contribution in [-0.2, 0) is 9.59 Å². The van der Waals surface area contributed by atoms with Crippen LogP contribution in [0.1, 0.15) is 35.3 Å². The molecule has 162 valence electrons. The van der Waals surface area contributed by atoms with Crippen LogP contribution in [0.4, 0.5) is 11.4 Å². The average molecular weight is 428 g/mol. The van der Waals surface area contributed by atoms with Gasteiger partial charge in [-0.25, -0.2) is 0 Å². The number of carbonyl (C=O) groups excluding carboxylic acids is 3. The molecule has 3 amide bonds. The van der Waals surface area contributed by atoms with E-state index in [1.165, 1.54) is 0 Å². The standard InChI is InChI=1S/C26H25N3O3/c1-18(19-10-4-2-5-11-19)27-26(32)22-14-8-9-15-23(22)28-25(31)20-16-24(30)29(17-20)21-12-6-3-7-13-21/h2-15,18,20H,16-17H2,1H3,(H,27,32)(H,28,31). The normalized spacial score (nSPS) is 16.5. The van der Waals surface area contributed by atoms with E-state index in [9.17, 15) is 14.4 Å². The minimum Gasteiger partial charge on any atom is -0.345 e. The summed E-state index contributed by atoms with van der Waals surface area (Å²) >= 11 is 0. The molecule has 1 saturated heterocycles. The lowest BCUT2D eigenvalue weighted by molar-refractivity contribution is -0.122. The maximum absolute atomic E-state index is 12.9. The number of amides is 3. The second-order valence-corrected chi connectivity index (χ2v) is 7.88. The third-order valence-corrected chi connectivity index (χ3v) is 5.64. The third kappa shape index (κ3) is 4.70. The zero-order valence-corrected chi connectivity index (χ0v) is 17.8. The zero-order valence-electron chi connectivity index (χ0n) is 17.8. The van der Waals surface area contributed by atoms with Crippen molar-refractivity contribution in [3.05, 3.63) is 96.1 Å². The van der Waals surface area contributed by atoms with Gasteiger partial charge >= 0.3 is 0 Å². The third-order valence-electron chi connectivity index (χ3n) is 5.64. The number of anilines is 2. The van der Waals surface area contributed by atoms with Gasteiger partial charge in [-0.2, -0.15) is 0 Å². The first kappa shape index (κ1) is 21.3. The summed E-state index contributed by atoms with van der Waals surface area (Å²) in [5.74, 6) is -1.11. The minimum atomic E-state index is -0.484. The van der Waals surface area contributed by atoms with Gasteiger partial charge in [0.25, 0.3) is 5.91 Å². The maximum atomic E-state index is 12.9. The fourth-order valence-electron chi connectivity index (χ4n) is 3.87. The van der Waals surface area contributed by atoms with Crippen molar-refractivity contribution in [2.75, 3.05) is 16.8 Å². The number of hydrogen-bond donors (Lipinski definition) is 2. The van der Waals surface area contributed by atoms with Crippen LogP contribution >= 0.6 is 0 Å². The predicted molar refractivity (Wildman–Crippen MR) is 124 cm³/mol. The minimum absolute atomic E-state index is 0.0842. The fourth-order valence-corrected chi connectivity index (χ4v) is 3.87. The second kappa shape index (κ2) is 9.47. The molecule has 1 fully saturated rings. The summed E-state index contributed by atoms with van der Waals surface area (Å²) in [6, 6.07) is 25.7. The number of benzene rings is 3. The molecule has 3 aromatic rings. The summed E-state index contributed by atoms with van der Waals surface area (Å²) < 4.78 is 0. The number of nitrogens with one attached hydrogen (secondary N) is 2. The van der Waals surface area contributed by atoms with Gasteiger partial charge in [-0.1, -0.05) is 60.7 Å². The molecule has 6 nitrogen and oxygen atoms in total. The maximum Gasteiger partial charge on any atom is 0.253 e. The molecule has 2 unspecified atom stereocenters. The van der Waals surface area contributed by atoms with Crippen molar-refractivity contribution in [1.82, 2.24) is 5.32 Å². The molecule has 6 heteroatoms. The van der Waals surface area contributed by atoms with Crippen LogP contribution in [0.3, 0.4) is 0 Å². The molecule has 0 bridgehead atoms. The highest BCUT2D eigenvalue weighted by Crippen LogP contribution is 2.26. The molecule has 2 N–H and O–H groups in total. The Hall–Kier alpha value is -3.93. The molecule has 0 radical (unpaired) electrons. The Bertz CT molecular complexity index is 1120. The largest absolute Gasteiger partial charge is 0.345 e. The van der Waals surface area contributed by atoms with Gasteiger partial charge in [-0.3, -0.25) is 14.4 Å². The molecule has 1 aliphatic rings. The number of hydrogen-bond acceptors (Lipinski definition) is 3. The van der Waals surface area contributed by atoms with E-state index in [4.69, 9.17) is 0 Å².